The first-order chi connectivity index (χ1) is 17.9. The van der Waals surface area contributed by atoms with Gasteiger partial charge in [-0.15, -0.1) is 0 Å². The largest absolute Gasteiger partial charge is 0.494 e. The topological polar surface area (TPSA) is 150 Å². The van der Waals surface area contributed by atoms with Gasteiger partial charge in [0.05, 0.1) is 23.7 Å². The monoisotopic (exact) mass is 531 g/mol. The highest BCUT2D eigenvalue weighted by Crippen LogP contribution is 2.36. The van der Waals surface area contributed by atoms with Crippen molar-refractivity contribution in [1.82, 2.24) is 15.6 Å². The maximum atomic E-state index is 13.3. The lowest BCUT2D eigenvalue weighted by Crippen LogP contribution is -2.54. The third-order valence-corrected chi connectivity index (χ3v) is 8.68. The second-order valence-electron chi connectivity index (χ2n) is 8.42. The maximum absolute atomic E-state index is 13.3. The van der Waals surface area contributed by atoms with Crippen molar-refractivity contribution in [2.45, 2.75) is 42.2 Å². The van der Waals surface area contributed by atoms with Gasteiger partial charge < -0.3 is 18.7 Å². The number of hydroxylamine groups is 1. The van der Waals surface area contributed by atoms with Crippen molar-refractivity contribution in [3.8, 4) is 22.9 Å². The van der Waals surface area contributed by atoms with Crippen LogP contribution >= 0.6 is 0 Å². The molecule has 1 fully saturated rings. The first-order valence-corrected chi connectivity index (χ1v) is 13.4. The van der Waals surface area contributed by atoms with Gasteiger partial charge in [-0.1, -0.05) is 17.3 Å². The summed E-state index contributed by atoms with van der Waals surface area (Å²) in [4.78, 5) is 16.8. The van der Waals surface area contributed by atoms with Crippen LogP contribution in [-0.2, 0) is 25.8 Å². The van der Waals surface area contributed by atoms with Gasteiger partial charge in [0, 0.05) is 19.6 Å². The average Bonchev–Trinajstić information content (AvgIpc) is 3.40. The molecule has 0 bridgehead atoms. The molecule has 0 saturated carbocycles. The highest BCUT2D eigenvalue weighted by atomic mass is 32.2. The zero-order valence-electron chi connectivity index (χ0n) is 20.4. The molecular weight excluding hydrogens is 502 g/mol. The quantitative estimate of drug-likeness (QED) is 0.215. The van der Waals surface area contributed by atoms with Crippen molar-refractivity contribution in [3.05, 3.63) is 54.4 Å². The Bertz CT molecular complexity index is 1300. The summed E-state index contributed by atoms with van der Waals surface area (Å²) in [5, 5.41) is 13.2. The molecule has 0 atom stereocenters. The van der Waals surface area contributed by atoms with Gasteiger partial charge in [0.15, 0.2) is 14.6 Å². The molecule has 2 N–H and O–H groups in total. The van der Waals surface area contributed by atoms with E-state index in [4.69, 9.17) is 23.9 Å². The van der Waals surface area contributed by atoms with Crippen molar-refractivity contribution >= 4 is 15.7 Å². The molecule has 0 radical (unpaired) electrons. The summed E-state index contributed by atoms with van der Waals surface area (Å²) in [6.45, 7) is 2.99. The molecule has 0 unspecified atom stereocenters. The van der Waals surface area contributed by atoms with Crippen LogP contribution in [0.4, 0.5) is 0 Å². The zero-order chi connectivity index (χ0) is 26.3. The van der Waals surface area contributed by atoms with Crippen molar-refractivity contribution in [1.29, 1.82) is 0 Å². The lowest BCUT2D eigenvalue weighted by Gasteiger charge is -2.34. The van der Waals surface area contributed by atoms with Crippen molar-refractivity contribution < 1.29 is 37.2 Å². The van der Waals surface area contributed by atoms with E-state index < -0.39 is 20.5 Å². The van der Waals surface area contributed by atoms with E-state index in [2.05, 4.69) is 10.1 Å². The number of amides is 1. The Balaban J connectivity index is 1.34. The van der Waals surface area contributed by atoms with Gasteiger partial charge >= 0.3 is 0 Å². The summed E-state index contributed by atoms with van der Waals surface area (Å²) in [7, 11) is -4.08. The van der Waals surface area contributed by atoms with Crippen LogP contribution in [0.1, 0.15) is 32.1 Å². The summed E-state index contributed by atoms with van der Waals surface area (Å²) < 4.78 is 46.8. The molecule has 1 saturated heterocycles. The molecule has 4 rings (SSSR count). The molecule has 11 nitrogen and oxygen atoms in total. The number of ether oxygens (including phenoxy) is 3. The third-order valence-electron chi connectivity index (χ3n) is 6.16. The molecule has 198 valence electrons. The lowest BCUT2D eigenvalue weighted by molar-refractivity contribution is -0.134. The smallest absolute Gasteiger partial charge is 0.265 e. The summed E-state index contributed by atoms with van der Waals surface area (Å²) in [5.41, 5.74) is 2.26. The minimum Gasteiger partial charge on any atom is -0.494 e. The Hall–Kier alpha value is -3.48. The maximum Gasteiger partial charge on any atom is 0.265 e. The van der Waals surface area contributed by atoms with Gasteiger partial charge in [-0.2, -0.15) is 4.98 Å². The van der Waals surface area contributed by atoms with Gasteiger partial charge in [0.25, 0.3) is 5.91 Å². The second-order valence-corrected chi connectivity index (χ2v) is 10.7. The number of sulfone groups is 1. The predicted octanol–water partition coefficient (Wildman–Crippen LogP) is 2.98. The average molecular weight is 532 g/mol. The van der Waals surface area contributed by atoms with E-state index in [9.17, 15) is 13.2 Å². The van der Waals surface area contributed by atoms with Crippen molar-refractivity contribution in [2.75, 3.05) is 26.4 Å². The Kier molecular flexibility index (Phi) is 8.41. The minimum absolute atomic E-state index is 0.0314. The van der Waals surface area contributed by atoms with Crippen LogP contribution in [0.3, 0.4) is 0 Å². The van der Waals surface area contributed by atoms with E-state index in [0.29, 0.717) is 49.3 Å². The van der Waals surface area contributed by atoms with Crippen LogP contribution in [0.15, 0.2) is 57.9 Å². The molecule has 1 aliphatic heterocycles. The molecule has 1 aliphatic rings. The molecular formula is C25H29N3O8S. The zero-order valence-corrected chi connectivity index (χ0v) is 21.2. The molecule has 37 heavy (non-hydrogen) atoms. The van der Waals surface area contributed by atoms with Crippen LogP contribution in [0, 0.1) is 0 Å². The summed E-state index contributed by atoms with van der Waals surface area (Å²) >= 11 is 0. The number of hydrogen-bond acceptors (Lipinski definition) is 10. The fourth-order valence-corrected chi connectivity index (χ4v) is 6.11. The highest BCUT2D eigenvalue weighted by molar-refractivity contribution is 7.93. The van der Waals surface area contributed by atoms with Crippen LogP contribution in [0.25, 0.3) is 11.4 Å². The Morgan fingerprint density at radius 3 is 2.54 bits per heavy atom. The molecule has 2 heterocycles. The second kappa shape index (κ2) is 11.7. The standard InChI is InChI=1S/C25H29N3O8S/c1-2-34-21-7-4-3-6-20(21)23-26-22(36-28-23)8-5-15-35-18-9-11-19(12-10-18)37(31,32)25(24(29)27-30)13-16-33-17-14-25/h3-4,6-7,9-12,30H,2,5,8,13-17H2,1H3,(H,27,29). The Morgan fingerprint density at radius 2 is 1.84 bits per heavy atom. The molecule has 3 aromatic rings. The van der Waals surface area contributed by atoms with Gasteiger partial charge in [0.1, 0.15) is 11.5 Å². The number of carbonyl (C=O) groups excluding carboxylic acids is 1. The SMILES string of the molecule is CCOc1ccccc1-c1noc(CCCOc2ccc(S(=O)(=O)C3(C(=O)NO)CCOCC3)cc2)n1. The first kappa shape index (κ1) is 26.6. The summed E-state index contributed by atoms with van der Waals surface area (Å²) in [6, 6.07) is 13.3. The molecule has 0 aliphatic carbocycles. The molecule has 1 amide bonds. The van der Waals surface area contributed by atoms with Crippen molar-refractivity contribution in [3.63, 3.8) is 0 Å². The molecule has 1 aromatic heterocycles. The highest BCUT2D eigenvalue weighted by Gasteiger charge is 2.52. The number of aromatic nitrogens is 2. The van der Waals surface area contributed by atoms with Crippen LogP contribution in [0.2, 0.25) is 0 Å². The number of carbonyl (C=O) groups is 1. The van der Waals surface area contributed by atoms with Crippen LogP contribution in [0.5, 0.6) is 11.5 Å². The lowest BCUT2D eigenvalue weighted by atomic mass is 9.98. The first-order valence-electron chi connectivity index (χ1n) is 12.0. The number of aryl methyl sites for hydroxylation is 1. The van der Waals surface area contributed by atoms with Gasteiger partial charge in [-0.05, 0) is 62.6 Å². The van der Waals surface area contributed by atoms with E-state index in [1.54, 1.807) is 0 Å². The number of para-hydroxylation sites is 1. The van der Waals surface area contributed by atoms with Crippen LogP contribution in [-0.4, -0.2) is 60.8 Å². The van der Waals surface area contributed by atoms with Crippen LogP contribution < -0.4 is 15.0 Å². The van der Waals surface area contributed by atoms with Crippen molar-refractivity contribution in [2.24, 2.45) is 0 Å². The fourth-order valence-electron chi connectivity index (χ4n) is 4.17. The predicted molar refractivity (Wildman–Crippen MR) is 131 cm³/mol. The third kappa shape index (κ3) is 5.60. The van der Waals surface area contributed by atoms with E-state index in [1.165, 1.54) is 29.7 Å². The van der Waals surface area contributed by atoms with E-state index in [1.807, 2.05) is 31.2 Å². The minimum atomic E-state index is -4.08. The Labute approximate surface area is 214 Å². The normalized spacial score (nSPS) is 15.2. The van der Waals surface area contributed by atoms with E-state index in [0.717, 1.165) is 5.56 Å². The number of rotatable bonds is 11. The summed E-state index contributed by atoms with van der Waals surface area (Å²) in [6.07, 6.45) is 0.995. The number of nitrogens with one attached hydrogen (secondary N) is 1. The molecule has 0 spiro atoms. The number of benzene rings is 2. The molecule has 12 heteroatoms. The number of nitrogens with zero attached hydrogens (tertiary/aromatic N) is 2. The van der Waals surface area contributed by atoms with E-state index >= 15 is 0 Å². The fraction of sp³-hybridized carbons (Fsp3) is 0.400. The van der Waals surface area contributed by atoms with Gasteiger partial charge in [0.2, 0.25) is 11.7 Å². The van der Waals surface area contributed by atoms with Gasteiger partial charge in [-0.3, -0.25) is 10.0 Å². The summed E-state index contributed by atoms with van der Waals surface area (Å²) in [5.74, 6) is 1.13. The Morgan fingerprint density at radius 1 is 1.11 bits per heavy atom. The van der Waals surface area contributed by atoms with E-state index in [-0.39, 0.29) is 31.0 Å². The molecule has 2 aromatic carbocycles. The number of hydrogen-bond donors (Lipinski definition) is 2. The van der Waals surface area contributed by atoms with Gasteiger partial charge in [-0.25, -0.2) is 13.9 Å².